The third-order valence-corrected chi connectivity index (χ3v) is 2.39. The molecule has 94 valence electrons. The summed E-state index contributed by atoms with van der Waals surface area (Å²) in [6, 6.07) is 6.43. The molecule has 0 fully saturated rings. The van der Waals surface area contributed by atoms with Crippen LogP contribution in [0.25, 0.3) is 0 Å². The van der Waals surface area contributed by atoms with E-state index < -0.39 is 0 Å². The summed E-state index contributed by atoms with van der Waals surface area (Å²) in [4.78, 5) is 11.4. The van der Waals surface area contributed by atoms with E-state index in [0.29, 0.717) is 0 Å². The molecule has 1 aromatic carbocycles. The number of nitrogens with one attached hydrogen (secondary N) is 2. The fourth-order valence-corrected chi connectivity index (χ4v) is 1.49. The average Bonchev–Trinajstić information content (AvgIpc) is 2.26. The van der Waals surface area contributed by atoms with Crippen molar-refractivity contribution in [1.82, 2.24) is 10.6 Å². The first kappa shape index (κ1) is 13.6. The van der Waals surface area contributed by atoms with Gasteiger partial charge in [0.15, 0.2) is 0 Å². The van der Waals surface area contributed by atoms with E-state index in [1.54, 1.807) is 12.1 Å². The first-order chi connectivity index (χ1) is 7.99. The van der Waals surface area contributed by atoms with Crippen molar-refractivity contribution in [2.24, 2.45) is 0 Å². The predicted octanol–water partition coefficient (Wildman–Crippen LogP) is 2.00. The maximum absolute atomic E-state index is 12.7. The summed E-state index contributed by atoms with van der Waals surface area (Å²) in [6.07, 6.45) is 0. The molecule has 2 N–H and O–H groups in total. The van der Waals surface area contributed by atoms with Crippen LogP contribution in [0.15, 0.2) is 24.3 Å². The normalized spacial score (nSPS) is 12.5. The predicted molar refractivity (Wildman–Crippen MR) is 66.1 cm³/mol. The van der Waals surface area contributed by atoms with Crippen LogP contribution in [0, 0.1) is 5.82 Å². The Balaban J connectivity index is 2.42. The van der Waals surface area contributed by atoms with Crippen LogP contribution in [0.3, 0.4) is 0 Å². The highest BCUT2D eigenvalue weighted by atomic mass is 19.1. The molecule has 0 aromatic heterocycles. The number of carbonyl (C=O) groups excluding carboxylic acids is 1. The standard InChI is InChI=1S/C13H19FN2O/c1-9(2)16-13(17)8-15-10(3)11-4-6-12(14)7-5-11/h4-7,9-10,15H,8H2,1-3H3,(H,16,17)/t10-/m0/s1. The van der Waals surface area contributed by atoms with E-state index in [9.17, 15) is 9.18 Å². The summed E-state index contributed by atoms with van der Waals surface area (Å²) < 4.78 is 12.7. The highest BCUT2D eigenvalue weighted by molar-refractivity contribution is 5.78. The molecule has 0 aliphatic carbocycles. The van der Waals surface area contributed by atoms with Crippen LogP contribution in [-0.2, 0) is 4.79 Å². The molecular weight excluding hydrogens is 219 g/mol. The molecule has 1 rings (SSSR count). The quantitative estimate of drug-likeness (QED) is 0.823. The average molecular weight is 238 g/mol. The molecule has 0 bridgehead atoms. The molecule has 0 aliphatic rings. The van der Waals surface area contributed by atoms with Crippen molar-refractivity contribution < 1.29 is 9.18 Å². The lowest BCUT2D eigenvalue weighted by Crippen LogP contribution is -2.38. The number of hydrogen-bond acceptors (Lipinski definition) is 2. The molecule has 0 heterocycles. The van der Waals surface area contributed by atoms with Gasteiger partial charge in [0.2, 0.25) is 5.91 Å². The van der Waals surface area contributed by atoms with Gasteiger partial charge in [-0.25, -0.2) is 4.39 Å². The molecule has 0 aliphatic heterocycles. The van der Waals surface area contributed by atoms with Crippen LogP contribution < -0.4 is 10.6 Å². The zero-order chi connectivity index (χ0) is 12.8. The first-order valence-electron chi connectivity index (χ1n) is 5.77. The number of carbonyl (C=O) groups is 1. The molecule has 4 heteroatoms. The van der Waals surface area contributed by atoms with E-state index in [1.165, 1.54) is 12.1 Å². The minimum Gasteiger partial charge on any atom is -0.353 e. The van der Waals surface area contributed by atoms with E-state index in [1.807, 2.05) is 20.8 Å². The van der Waals surface area contributed by atoms with Crippen LogP contribution >= 0.6 is 0 Å². The SMILES string of the molecule is CC(C)NC(=O)CN[C@@H](C)c1ccc(F)cc1. The highest BCUT2D eigenvalue weighted by Gasteiger charge is 2.08. The lowest BCUT2D eigenvalue weighted by Gasteiger charge is -2.15. The third-order valence-electron chi connectivity index (χ3n) is 2.39. The van der Waals surface area contributed by atoms with E-state index in [0.717, 1.165) is 5.56 Å². The minimum absolute atomic E-state index is 0.0218. The highest BCUT2D eigenvalue weighted by Crippen LogP contribution is 2.12. The topological polar surface area (TPSA) is 41.1 Å². The van der Waals surface area contributed by atoms with Gasteiger partial charge in [0.1, 0.15) is 5.82 Å². The smallest absolute Gasteiger partial charge is 0.234 e. The van der Waals surface area contributed by atoms with Crippen LogP contribution in [0.1, 0.15) is 32.4 Å². The summed E-state index contributed by atoms with van der Waals surface area (Å²) in [5, 5.41) is 5.89. The number of halogens is 1. The van der Waals surface area contributed by atoms with Crippen molar-refractivity contribution in [1.29, 1.82) is 0 Å². The number of amides is 1. The lowest BCUT2D eigenvalue weighted by molar-refractivity contribution is -0.120. The summed E-state index contributed by atoms with van der Waals surface area (Å²) in [7, 11) is 0. The molecule has 0 unspecified atom stereocenters. The fourth-order valence-electron chi connectivity index (χ4n) is 1.49. The van der Waals surface area contributed by atoms with Crippen molar-refractivity contribution in [3.8, 4) is 0 Å². The van der Waals surface area contributed by atoms with Gasteiger partial charge in [-0.05, 0) is 38.5 Å². The molecule has 0 spiro atoms. The molecular formula is C13H19FN2O. The largest absolute Gasteiger partial charge is 0.353 e. The first-order valence-corrected chi connectivity index (χ1v) is 5.77. The van der Waals surface area contributed by atoms with E-state index in [4.69, 9.17) is 0 Å². The van der Waals surface area contributed by atoms with Gasteiger partial charge < -0.3 is 10.6 Å². The molecule has 1 atom stereocenters. The van der Waals surface area contributed by atoms with Crippen molar-refractivity contribution in [3.05, 3.63) is 35.6 Å². The Morgan fingerprint density at radius 1 is 1.24 bits per heavy atom. The molecule has 3 nitrogen and oxygen atoms in total. The number of rotatable bonds is 5. The summed E-state index contributed by atoms with van der Waals surface area (Å²) >= 11 is 0. The van der Waals surface area contributed by atoms with Crippen LogP contribution in [0.4, 0.5) is 4.39 Å². The van der Waals surface area contributed by atoms with Gasteiger partial charge in [0.25, 0.3) is 0 Å². The Kier molecular flexibility index (Phi) is 5.10. The second-order valence-corrected chi connectivity index (χ2v) is 4.38. The lowest BCUT2D eigenvalue weighted by atomic mass is 10.1. The molecule has 0 saturated carbocycles. The Bertz CT molecular complexity index is 362. The van der Waals surface area contributed by atoms with Gasteiger partial charge >= 0.3 is 0 Å². The Morgan fingerprint density at radius 3 is 2.35 bits per heavy atom. The molecule has 17 heavy (non-hydrogen) atoms. The van der Waals surface area contributed by atoms with Crippen molar-refractivity contribution >= 4 is 5.91 Å². The Hall–Kier alpha value is -1.42. The Morgan fingerprint density at radius 2 is 1.82 bits per heavy atom. The fraction of sp³-hybridized carbons (Fsp3) is 0.462. The van der Waals surface area contributed by atoms with Gasteiger partial charge in [-0.1, -0.05) is 12.1 Å². The second kappa shape index (κ2) is 6.35. The maximum Gasteiger partial charge on any atom is 0.234 e. The second-order valence-electron chi connectivity index (χ2n) is 4.38. The van der Waals surface area contributed by atoms with E-state index >= 15 is 0 Å². The zero-order valence-corrected chi connectivity index (χ0v) is 10.5. The monoisotopic (exact) mass is 238 g/mol. The Labute approximate surface area is 101 Å². The maximum atomic E-state index is 12.7. The van der Waals surface area contributed by atoms with Gasteiger partial charge in [-0.15, -0.1) is 0 Å². The minimum atomic E-state index is -0.251. The van der Waals surface area contributed by atoms with Crippen molar-refractivity contribution in [2.75, 3.05) is 6.54 Å². The molecule has 1 amide bonds. The number of hydrogen-bond donors (Lipinski definition) is 2. The van der Waals surface area contributed by atoms with E-state index in [2.05, 4.69) is 10.6 Å². The van der Waals surface area contributed by atoms with Gasteiger partial charge in [-0.2, -0.15) is 0 Å². The molecule has 1 aromatic rings. The van der Waals surface area contributed by atoms with Gasteiger partial charge in [0, 0.05) is 12.1 Å². The molecule has 0 saturated heterocycles. The summed E-state index contributed by atoms with van der Waals surface area (Å²) in [5.74, 6) is -0.285. The summed E-state index contributed by atoms with van der Waals surface area (Å²) in [5.41, 5.74) is 0.962. The van der Waals surface area contributed by atoms with Crippen molar-refractivity contribution in [3.63, 3.8) is 0 Å². The van der Waals surface area contributed by atoms with Crippen molar-refractivity contribution in [2.45, 2.75) is 32.9 Å². The summed E-state index contributed by atoms with van der Waals surface area (Å²) in [6.45, 7) is 6.04. The zero-order valence-electron chi connectivity index (χ0n) is 10.5. The molecule has 0 radical (unpaired) electrons. The van der Waals surface area contributed by atoms with Crippen LogP contribution in [0.2, 0.25) is 0 Å². The third kappa shape index (κ3) is 4.95. The van der Waals surface area contributed by atoms with Crippen LogP contribution in [0.5, 0.6) is 0 Å². The van der Waals surface area contributed by atoms with E-state index in [-0.39, 0.29) is 30.4 Å². The van der Waals surface area contributed by atoms with Crippen LogP contribution in [-0.4, -0.2) is 18.5 Å². The van der Waals surface area contributed by atoms with Gasteiger partial charge in [0.05, 0.1) is 6.54 Å². The number of benzene rings is 1. The van der Waals surface area contributed by atoms with Gasteiger partial charge in [-0.3, -0.25) is 4.79 Å².